The molecule has 1 aromatic heterocycles. The number of benzene rings is 2. The molecule has 0 aliphatic carbocycles. The number of carboxylic acids is 1. The van der Waals surface area contributed by atoms with E-state index in [-0.39, 0.29) is 24.7 Å². The van der Waals surface area contributed by atoms with Crippen molar-refractivity contribution >= 4 is 17.4 Å². The quantitative estimate of drug-likeness (QED) is 0.214. The average Bonchev–Trinajstić information content (AvgIpc) is 3.21. The molecule has 0 aliphatic heterocycles. The van der Waals surface area contributed by atoms with E-state index in [4.69, 9.17) is 14.2 Å². The standard InChI is InChI=1S/C20H18N4O8/c1-30-11-32-14-7-8-16(24(28)29)15(9-14)19(25)17-18(20(26)27)23(22-21-17)10-12-3-5-13(31-2)6-4-12/h3-9H,10-11H2,1-2H3,(H,26,27). The van der Waals surface area contributed by atoms with Gasteiger partial charge in [-0.2, -0.15) is 0 Å². The van der Waals surface area contributed by atoms with Gasteiger partial charge in [-0.3, -0.25) is 14.9 Å². The first-order valence-electron chi connectivity index (χ1n) is 9.10. The van der Waals surface area contributed by atoms with Crippen LogP contribution in [0.25, 0.3) is 0 Å². The summed E-state index contributed by atoms with van der Waals surface area (Å²) < 4.78 is 16.1. The first-order valence-corrected chi connectivity index (χ1v) is 9.10. The van der Waals surface area contributed by atoms with Gasteiger partial charge >= 0.3 is 5.97 Å². The summed E-state index contributed by atoms with van der Waals surface area (Å²) in [4.78, 5) is 35.7. The molecule has 0 spiro atoms. The van der Waals surface area contributed by atoms with Gasteiger partial charge in [-0.05, 0) is 29.8 Å². The molecule has 3 rings (SSSR count). The molecule has 32 heavy (non-hydrogen) atoms. The summed E-state index contributed by atoms with van der Waals surface area (Å²) in [7, 11) is 2.90. The minimum absolute atomic E-state index is 0.00495. The normalized spacial score (nSPS) is 10.6. The van der Waals surface area contributed by atoms with Crippen LogP contribution in [0.1, 0.15) is 32.1 Å². The number of ketones is 1. The van der Waals surface area contributed by atoms with Crippen LogP contribution in [0.4, 0.5) is 5.69 Å². The van der Waals surface area contributed by atoms with Gasteiger partial charge in [-0.25, -0.2) is 9.48 Å². The molecule has 2 aromatic carbocycles. The van der Waals surface area contributed by atoms with E-state index in [1.54, 1.807) is 24.3 Å². The highest BCUT2D eigenvalue weighted by molar-refractivity contribution is 6.14. The monoisotopic (exact) mass is 442 g/mol. The lowest BCUT2D eigenvalue weighted by atomic mass is 10.0. The zero-order valence-corrected chi connectivity index (χ0v) is 17.0. The van der Waals surface area contributed by atoms with Gasteiger partial charge in [0.15, 0.2) is 18.2 Å². The van der Waals surface area contributed by atoms with Crippen molar-refractivity contribution in [1.29, 1.82) is 0 Å². The highest BCUT2D eigenvalue weighted by Gasteiger charge is 2.30. The van der Waals surface area contributed by atoms with Crippen molar-refractivity contribution in [3.05, 3.63) is 75.1 Å². The Balaban J connectivity index is 2.01. The van der Waals surface area contributed by atoms with Gasteiger partial charge in [-0.15, -0.1) is 5.10 Å². The van der Waals surface area contributed by atoms with E-state index in [1.165, 1.54) is 20.3 Å². The maximum atomic E-state index is 13.1. The number of nitro groups is 1. The first kappa shape index (κ1) is 22.4. The van der Waals surface area contributed by atoms with E-state index in [9.17, 15) is 24.8 Å². The van der Waals surface area contributed by atoms with Crippen LogP contribution in [0.15, 0.2) is 42.5 Å². The summed E-state index contributed by atoms with van der Waals surface area (Å²) >= 11 is 0. The van der Waals surface area contributed by atoms with Gasteiger partial charge in [0, 0.05) is 13.2 Å². The molecule has 0 saturated heterocycles. The lowest BCUT2D eigenvalue weighted by Crippen LogP contribution is -2.16. The van der Waals surface area contributed by atoms with Crippen LogP contribution in [0.5, 0.6) is 11.5 Å². The van der Waals surface area contributed by atoms with E-state index in [1.807, 2.05) is 0 Å². The molecule has 1 heterocycles. The molecule has 0 unspecified atom stereocenters. The van der Waals surface area contributed by atoms with Crippen LogP contribution in [0.2, 0.25) is 0 Å². The largest absolute Gasteiger partial charge is 0.497 e. The summed E-state index contributed by atoms with van der Waals surface area (Å²) in [5, 5.41) is 28.6. The highest BCUT2D eigenvalue weighted by Crippen LogP contribution is 2.27. The maximum absolute atomic E-state index is 13.1. The van der Waals surface area contributed by atoms with Crippen LogP contribution in [-0.4, -0.2) is 57.8 Å². The zero-order valence-electron chi connectivity index (χ0n) is 17.0. The van der Waals surface area contributed by atoms with E-state index in [2.05, 4.69) is 10.3 Å². The average molecular weight is 442 g/mol. The second kappa shape index (κ2) is 9.66. The van der Waals surface area contributed by atoms with Crippen molar-refractivity contribution in [2.75, 3.05) is 21.0 Å². The van der Waals surface area contributed by atoms with Gasteiger partial charge in [0.1, 0.15) is 17.1 Å². The van der Waals surface area contributed by atoms with Crippen LogP contribution in [0, 0.1) is 10.1 Å². The Hall–Kier alpha value is -4.32. The van der Waals surface area contributed by atoms with Crippen LogP contribution >= 0.6 is 0 Å². The number of hydrogen-bond donors (Lipinski definition) is 1. The molecule has 166 valence electrons. The summed E-state index contributed by atoms with van der Waals surface area (Å²) in [5.41, 5.74) is -1.26. The minimum atomic E-state index is -1.46. The lowest BCUT2D eigenvalue weighted by molar-refractivity contribution is -0.385. The Kier molecular flexibility index (Phi) is 6.75. The van der Waals surface area contributed by atoms with E-state index >= 15 is 0 Å². The fraction of sp³-hybridized carbons (Fsp3) is 0.200. The molecular weight excluding hydrogens is 424 g/mol. The van der Waals surface area contributed by atoms with Gasteiger partial charge in [0.2, 0.25) is 5.78 Å². The number of nitro benzene ring substituents is 1. The number of ether oxygens (including phenoxy) is 3. The third-order valence-electron chi connectivity index (χ3n) is 4.40. The van der Waals surface area contributed by atoms with Crippen LogP contribution in [-0.2, 0) is 11.3 Å². The molecular formula is C20H18N4O8. The molecule has 0 amide bonds. The summed E-state index contributed by atoms with van der Waals surface area (Å²) in [5.74, 6) is -1.69. The predicted octanol–water partition coefficient (Wildman–Crippen LogP) is 2.16. The number of methoxy groups -OCH3 is 2. The van der Waals surface area contributed by atoms with Crippen molar-refractivity contribution in [1.82, 2.24) is 15.0 Å². The number of rotatable bonds is 10. The molecule has 3 aromatic rings. The van der Waals surface area contributed by atoms with Crippen molar-refractivity contribution in [2.45, 2.75) is 6.54 Å². The van der Waals surface area contributed by atoms with Crippen molar-refractivity contribution in [3.8, 4) is 11.5 Å². The summed E-state index contributed by atoms with van der Waals surface area (Å²) in [6.07, 6.45) is 0. The molecule has 0 radical (unpaired) electrons. The topological polar surface area (TPSA) is 156 Å². The Morgan fingerprint density at radius 2 is 1.81 bits per heavy atom. The van der Waals surface area contributed by atoms with E-state index in [0.29, 0.717) is 11.3 Å². The van der Waals surface area contributed by atoms with Gasteiger partial charge in [0.25, 0.3) is 5.69 Å². The third kappa shape index (κ3) is 4.70. The van der Waals surface area contributed by atoms with Gasteiger partial charge in [-0.1, -0.05) is 17.3 Å². The molecule has 0 bridgehead atoms. The lowest BCUT2D eigenvalue weighted by Gasteiger charge is -2.08. The molecule has 12 nitrogen and oxygen atoms in total. The molecule has 0 atom stereocenters. The Bertz CT molecular complexity index is 1160. The zero-order chi connectivity index (χ0) is 23.3. The second-order valence-electron chi connectivity index (χ2n) is 6.41. The number of aromatic nitrogens is 3. The highest BCUT2D eigenvalue weighted by atomic mass is 16.7. The fourth-order valence-corrected chi connectivity index (χ4v) is 2.89. The van der Waals surface area contributed by atoms with Gasteiger partial charge < -0.3 is 19.3 Å². The number of carbonyl (C=O) groups is 2. The molecule has 0 fully saturated rings. The third-order valence-corrected chi connectivity index (χ3v) is 4.40. The number of carbonyl (C=O) groups excluding carboxylic acids is 1. The maximum Gasteiger partial charge on any atom is 0.356 e. The second-order valence-corrected chi connectivity index (χ2v) is 6.41. The number of carboxylic acid groups (broad SMARTS) is 1. The van der Waals surface area contributed by atoms with Crippen molar-refractivity contribution < 1.29 is 33.8 Å². The Labute approximate surface area is 181 Å². The van der Waals surface area contributed by atoms with Crippen LogP contribution in [0.3, 0.4) is 0 Å². The fourth-order valence-electron chi connectivity index (χ4n) is 2.89. The van der Waals surface area contributed by atoms with Gasteiger partial charge in [0.05, 0.1) is 18.6 Å². The number of nitrogens with zero attached hydrogens (tertiary/aromatic N) is 4. The molecule has 0 aliphatic rings. The molecule has 1 N–H and O–H groups in total. The summed E-state index contributed by atoms with van der Waals surface area (Å²) in [6, 6.07) is 10.3. The minimum Gasteiger partial charge on any atom is -0.497 e. The van der Waals surface area contributed by atoms with Crippen LogP contribution < -0.4 is 9.47 Å². The SMILES string of the molecule is COCOc1ccc([N+](=O)[O-])c(C(=O)c2nnn(Cc3ccc(OC)cc3)c2C(=O)O)c1. The number of aromatic carboxylic acids is 1. The number of hydrogen-bond acceptors (Lipinski definition) is 9. The summed E-state index contributed by atoms with van der Waals surface area (Å²) in [6.45, 7) is -0.144. The van der Waals surface area contributed by atoms with E-state index in [0.717, 1.165) is 16.8 Å². The van der Waals surface area contributed by atoms with E-state index < -0.39 is 33.8 Å². The smallest absolute Gasteiger partial charge is 0.356 e. The molecule has 0 saturated carbocycles. The molecule has 12 heteroatoms. The Morgan fingerprint density at radius 3 is 2.41 bits per heavy atom. The predicted molar refractivity (Wildman–Crippen MR) is 108 cm³/mol. The first-order chi connectivity index (χ1) is 15.3. The van der Waals surface area contributed by atoms with Crippen molar-refractivity contribution in [3.63, 3.8) is 0 Å². The Morgan fingerprint density at radius 1 is 1.12 bits per heavy atom. The van der Waals surface area contributed by atoms with Crippen molar-refractivity contribution in [2.24, 2.45) is 0 Å².